The van der Waals surface area contributed by atoms with Crippen molar-refractivity contribution in [3.8, 4) is 21.6 Å². The van der Waals surface area contributed by atoms with Gasteiger partial charge < -0.3 is 4.90 Å². The minimum atomic E-state index is -0.330. The van der Waals surface area contributed by atoms with Crippen LogP contribution in [0, 0.1) is 0 Å². The number of fused-ring (bicyclic) bond motifs is 14. The first kappa shape index (κ1) is 23.0. The molecule has 0 radical (unpaired) electrons. The van der Waals surface area contributed by atoms with Crippen molar-refractivity contribution in [2.24, 2.45) is 0 Å². The highest BCUT2D eigenvalue weighted by molar-refractivity contribution is 7.99. The summed E-state index contributed by atoms with van der Waals surface area (Å²) in [4.78, 5) is 6.43. The van der Waals surface area contributed by atoms with E-state index < -0.39 is 0 Å². The lowest BCUT2D eigenvalue weighted by Crippen LogP contribution is -2.25. The van der Waals surface area contributed by atoms with Gasteiger partial charge in [0.25, 0.3) is 0 Å². The Hall–Kier alpha value is -4.57. The lowest BCUT2D eigenvalue weighted by Gasteiger charge is -2.34. The second-order valence-electron chi connectivity index (χ2n) is 11.2. The molecule has 1 aliphatic heterocycles. The van der Waals surface area contributed by atoms with Crippen LogP contribution in [0.5, 0.6) is 0 Å². The smallest absolute Gasteiger partial charge is 0.0740 e. The van der Waals surface area contributed by atoms with Crippen LogP contribution in [0.4, 0.5) is 17.1 Å². The Labute approximate surface area is 252 Å². The van der Waals surface area contributed by atoms with Gasteiger partial charge in [0, 0.05) is 25.1 Å². The summed E-state index contributed by atoms with van der Waals surface area (Å²) in [6.45, 7) is 0. The van der Waals surface area contributed by atoms with E-state index in [0.717, 1.165) is 0 Å². The zero-order valence-corrected chi connectivity index (χ0v) is 24.2. The van der Waals surface area contributed by atoms with Crippen LogP contribution in [0.2, 0.25) is 0 Å². The van der Waals surface area contributed by atoms with Gasteiger partial charge in [-0.15, -0.1) is 11.3 Å². The molecular formula is C39H23NS2. The van der Waals surface area contributed by atoms with Crippen molar-refractivity contribution in [2.45, 2.75) is 15.2 Å². The van der Waals surface area contributed by atoms with Crippen LogP contribution in [0.25, 0.3) is 31.7 Å². The first-order valence-corrected chi connectivity index (χ1v) is 16.0. The third-order valence-corrected chi connectivity index (χ3v) is 11.6. The number of anilines is 3. The van der Waals surface area contributed by atoms with Gasteiger partial charge >= 0.3 is 0 Å². The van der Waals surface area contributed by atoms with Crippen LogP contribution in [0.15, 0.2) is 149 Å². The minimum Gasteiger partial charge on any atom is -0.308 e. The maximum atomic E-state index is 2.45. The van der Waals surface area contributed by atoms with Crippen molar-refractivity contribution in [1.29, 1.82) is 0 Å². The van der Waals surface area contributed by atoms with Gasteiger partial charge in [-0.3, -0.25) is 0 Å². The predicted octanol–water partition coefficient (Wildman–Crippen LogP) is 11.2. The largest absolute Gasteiger partial charge is 0.308 e. The fourth-order valence-corrected chi connectivity index (χ4v) is 10.1. The number of para-hydroxylation sites is 2. The average Bonchev–Trinajstić information content (AvgIpc) is 3.67. The molecule has 1 spiro atoms. The molecule has 0 N–H and O–H groups in total. The second-order valence-corrected chi connectivity index (χ2v) is 13.4. The molecule has 42 heavy (non-hydrogen) atoms. The van der Waals surface area contributed by atoms with Crippen molar-refractivity contribution >= 4 is 50.2 Å². The van der Waals surface area contributed by atoms with E-state index in [-0.39, 0.29) is 5.41 Å². The monoisotopic (exact) mass is 569 g/mol. The van der Waals surface area contributed by atoms with Gasteiger partial charge in [0.15, 0.2) is 0 Å². The molecule has 0 saturated heterocycles. The molecule has 0 fully saturated rings. The molecule has 3 heteroatoms. The highest BCUT2D eigenvalue weighted by Gasteiger charge is 2.53. The van der Waals surface area contributed by atoms with Crippen LogP contribution in [-0.2, 0) is 5.41 Å². The van der Waals surface area contributed by atoms with Crippen molar-refractivity contribution in [2.75, 3.05) is 4.90 Å². The molecule has 0 bridgehead atoms. The van der Waals surface area contributed by atoms with Gasteiger partial charge in [-0.05, 0) is 86.8 Å². The molecule has 3 aliphatic rings. The number of hydrogen-bond donors (Lipinski definition) is 0. The summed E-state index contributed by atoms with van der Waals surface area (Å²) in [5.41, 5.74) is 13.0. The lowest BCUT2D eigenvalue weighted by atomic mass is 9.70. The van der Waals surface area contributed by atoms with Crippen molar-refractivity contribution < 1.29 is 0 Å². The van der Waals surface area contributed by atoms with E-state index in [9.17, 15) is 0 Å². The highest BCUT2D eigenvalue weighted by Crippen LogP contribution is 2.66. The Kier molecular flexibility index (Phi) is 4.53. The zero-order valence-electron chi connectivity index (χ0n) is 22.5. The summed E-state index contributed by atoms with van der Waals surface area (Å²) in [6, 6.07) is 52.0. The van der Waals surface area contributed by atoms with E-state index in [1.54, 1.807) is 0 Å². The van der Waals surface area contributed by atoms with Crippen LogP contribution < -0.4 is 4.90 Å². The normalized spacial score (nSPS) is 17.0. The molecular weight excluding hydrogens is 547 g/mol. The molecule has 2 aliphatic carbocycles. The molecule has 6 aromatic carbocycles. The predicted molar refractivity (Wildman–Crippen MR) is 177 cm³/mol. The summed E-state index contributed by atoms with van der Waals surface area (Å²) in [5, 5.41) is 1.37. The van der Waals surface area contributed by atoms with Gasteiger partial charge in [0.05, 0.1) is 16.8 Å². The van der Waals surface area contributed by atoms with Gasteiger partial charge in [0.2, 0.25) is 0 Å². The molecule has 1 aromatic heterocycles. The molecule has 7 aromatic rings. The van der Waals surface area contributed by atoms with Crippen LogP contribution in [0.3, 0.4) is 0 Å². The standard InChI is InChI=1S/C39H23NS2/c1-4-14-29-25(11-1)28-23-24(40-32-16-6-9-19-35(32)41-36-20-10-7-17-33(36)40)21-22-31(28)39(29)30-15-5-2-12-26(30)38-37(39)27-13-3-8-18-34(27)42-38/h1-23H. The van der Waals surface area contributed by atoms with E-state index in [2.05, 4.69) is 144 Å². The SMILES string of the molecule is c1ccc2c(c1)Sc1ccccc1N2c1ccc2c(c1)-c1ccccc1C21c2ccccc2-c2sc3ccccc3c21. The van der Waals surface area contributed by atoms with Gasteiger partial charge in [0.1, 0.15) is 0 Å². The van der Waals surface area contributed by atoms with E-state index in [1.807, 2.05) is 23.1 Å². The quantitative estimate of drug-likeness (QED) is 0.193. The first-order valence-electron chi connectivity index (χ1n) is 14.4. The summed E-state index contributed by atoms with van der Waals surface area (Å²) in [5.74, 6) is 0. The third-order valence-electron chi connectivity index (χ3n) is 9.27. The molecule has 2 heterocycles. The molecule has 10 rings (SSSR count). The van der Waals surface area contributed by atoms with E-state index in [1.165, 1.54) is 80.8 Å². The molecule has 0 saturated carbocycles. The van der Waals surface area contributed by atoms with Gasteiger partial charge in [-0.2, -0.15) is 0 Å². The Balaban J connectivity index is 1.29. The summed E-state index contributed by atoms with van der Waals surface area (Å²) in [6.07, 6.45) is 0. The maximum Gasteiger partial charge on any atom is 0.0740 e. The lowest BCUT2D eigenvalue weighted by molar-refractivity contribution is 0.802. The highest BCUT2D eigenvalue weighted by atomic mass is 32.2. The fraction of sp³-hybridized carbons (Fsp3) is 0.0256. The zero-order chi connectivity index (χ0) is 27.4. The van der Waals surface area contributed by atoms with Crippen molar-refractivity contribution in [1.82, 2.24) is 0 Å². The van der Waals surface area contributed by atoms with Crippen molar-refractivity contribution in [3.05, 3.63) is 162 Å². The van der Waals surface area contributed by atoms with Gasteiger partial charge in [-0.25, -0.2) is 0 Å². The van der Waals surface area contributed by atoms with Crippen molar-refractivity contribution in [3.63, 3.8) is 0 Å². The Morgan fingerprint density at radius 2 is 1.10 bits per heavy atom. The van der Waals surface area contributed by atoms with Crippen LogP contribution in [-0.4, -0.2) is 0 Å². The first-order chi connectivity index (χ1) is 20.8. The number of thiophene rings is 1. The van der Waals surface area contributed by atoms with E-state index in [0.29, 0.717) is 0 Å². The summed E-state index contributed by atoms with van der Waals surface area (Å²) >= 11 is 3.80. The molecule has 1 atom stereocenters. The number of hydrogen-bond acceptors (Lipinski definition) is 3. The molecule has 196 valence electrons. The van der Waals surface area contributed by atoms with Crippen LogP contribution in [0.1, 0.15) is 22.3 Å². The minimum absolute atomic E-state index is 0.330. The average molecular weight is 570 g/mol. The van der Waals surface area contributed by atoms with Crippen LogP contribution >= 0.6 is 23.1 Å². The van der Waals surface area contributed by atoms with E-state index in [4.69, 9.17) is 0 Å². The maximum absolute atomic E-state index is 2.45. The Morgan fingerprint density at radius 1 is 0.500 bits per heavy atom. The Morgan fingerprint density at radius 3 is 1.88 bits per heavy atom. The Bertz CT molecular complexity index is 2210. The van der Waals surface area contributed by atoms with E-state index >= 15 is 0 Å². The number of nitrogens with zero attached hydrogens (tertiary/aromatic N) is 1. The third kappa shape index (κ3) is 2.76. The topological polar surface area (TPSA) is 3.24 Å². The number of benzene rings is 6. The number of rotatable bonds is 1. The summed E-state index contributed by atoms with van der Waals surface area (Å²) in [7, 11) is 0. The fourth-order valence-electron chi connectivity index (χ4n) is 7.70. The molecule has 1 nitrogen and oxygen atoms in total. The summed E-state index contributed by atoms with van der Waals surface area (Å²) < 4.78 is 1.36. The van der Waals surface area contributed by atoms with Gasteiger partial charge in [-0.1, -0.05) is 109 Å². The second kappa shape index (κ2) is 8.25. The molecule has 1 unspecified atom stereocenters. The molecule has 0 amide bonds.